The summed E-state index contributed by atoms with van der Waals surface area (Å²) < 4.78 is 30.2. The largest absolute Gasteiger partial charge is 0.464 e. The smallest absolute Gasteiger partial charge is 0.293 e. The van der Waals surface area contributed by atoms with Crippen molar-refractivity contribution in [2.24, 2.45) is 0 Å². The van der Waals surface area contributed by atoms with Crippen LogP contribution in [0.4, 0.5) is 0 Å². The number of aliphatic hydroxyl groups excluding tert-OH is 7. The number of hydrogen-bond donors (Lipinski definition) is 7. The summed E-state index contributed by atoms with van der Waals surface area (Å²) in [5, 5.41) is 69.1. The van der Waals surface area contributed by atoms with E-state index in [4.69, 9.17) is 18.9 Å². The van der Waals surface area contributed by atoms with Gasteiger partial charge in [-0.05, 0) is 0 Å². The van der Waals surface area contributed by atoms with Crippen molar-refractivity contribution >= 4 is 12.9 Å². The topological polar surface area (TPSA) is 231 Å². The minimum Gasteiger partial charge on any atom is -0.464 e. The van der Waals surface area contributed by atoms with Crippen molar-refractivity contribution < 1.29 is 73.8 Å². The third kappa shape index (κ3) is 6.52. The van der Waals surface area contributed by atoms with E-state index in [1.165, 1.54) is 0 Å². The lowest BCUT2D eigenvalue weighted by molar-refractivity contribution is -0.332. The van der Waals surface area contributed by atoms with Gasteiger partial charge in [-0.15, -0.1) is 0 Å². The molecular weight excluding hydrogens is 444 g/mol. The first kappa shape index (κ1) is 26.7. The molecule has 4 unspecified atom stereocenters. The number of rotatable bonds is 12. The van der Waals surface area contributed by atoms with Gasteiger partial charge in [0.2, 0.25) is 0 Å². The van der Waals surface area contributed by atoms with Crippen molar-refractivity contribution in [3.8, 4) is 0 Å². The second-order valence-electron chi connectivity index (χ2n) is 7.16. The van der Waals surface area contributed by atoms with Crippen LogP contribution in [0.25, 0.3) is 0 Å². The van der Waals surface area contributed by atoms with Crippen molar-refractivity contribution in [3.05, 3.63) is 0 Å². The first-order valence-electron chi connectivity index (χ1n) is 9.62. The van der Waals surface area contributed by atoms with E-state index in [0.29, 0.717) is 0 Å². The third-order valence-corrected chi connectivity index (χ3v) is 4.99. The molecule has 0 bridgehead atoms. The summed E-state index contributed by atoms with van der Waals surface area (Å²) in [6.07, 6.45) is -16.7. The molecule has 2 aliphatic rings. The van der Waals surface area contributed by atoms with E-state index in [1.54, 1.807) is 0 Å². The molecule has 0 aliphatic carbocycles. The Kier molecular flexibility index (Phi) is 10.6. The first-order chi connectivity index (χ1) is 15.2. The summed E-state index contributed by atoms with van der Waals surface area (Å²) in [6.45, 7) is -1.74. The van der Waals surface area contributed by atoms with Crippen LogP contribution in [0.2, 0.25) is 0 Å². The lowest BCUT2D eigenvalue weighted by atomic mass is 9.98. The van der Waals surface area contributed by atoms with Crippen LogP contribution in [0.1, 0.15) is 0 Å². The predicted octanol–water partition coefficient (Wildman–Crippen LogP) is -5.66. The fraction of sp³-hybridized carbons (Fsp3) is 0.882. The molecule has 0 spiro atoms. The van der Waals surface area contributed by atoms with Crippen LogP contribution < -0.4 is 0 Å². The van der Waals surface area contributed by atoms with Crippen LogP contribution in [-0.2, 0) is 38.0 Å². The van der Waals surface area contributed by atoms with E-state index in [1.807, 2.05) is 0 Å². The fourth-order valence-electron chi connectivity index (χ4n) is 3.14. The molecule has 186 valence electrons. The molecular formula is C17H28O15. The molecule has 2 fully saturated rings. The van der Waals surface area contributed by atoms with Gasteiger partial charge in [0.1, 0.15) is 55.4 Å². The Bertz CT molecular complexity index is 576. The maximum Gasteiger partial charge on any atom is 0.293 e. The second kappa shape index (κ2) is 12.7. The minimum atomic E-state index is -1.74. The van der Waals surface area contributed by atoms with Gasteiger partial charge in [-0.3, -0.25) is 9.59 Å². The van der Waals surface area contributed by atoms with Crippen molar-refractivity contribution in [2.45, 2.75) is 67.5 Å². The Hall–Kier alpha value is -1.50. The summed E-state index contributed by atoms with van der Waals surface area (Å²) in [4.78, 5) is 20.8. The van der Waals surface area contributed by atoms with Gasteiger partial charge in [0.15, 0.2) is 18.7 Å². The monoisotopic (exact) mass is 472 g/mol. The minimum absolute atomic E-state index is 0.0933. The first-order valence-corrected chi connectivity index (χ1v) is 9.62. The Morgan fingerprint density at radius 2 is 1.28 bits per heavy atom. The average molecular weight is 472 g/mol. The molecule has 15 nitrogen and oxygen atoms in total. The van der Waals surface area contributed by atoms with Crippen LogP contribution in [0.3, 0.4) is 0 Å². The third-order valence-electron chi connectivity index (χ3n) is 4.99. The molecule has 0 saturated carbocycles. The van der Waals surface area contributed by atoms with Gasteiger partial charge < -0.3 is 64.2 Å². The molecule has 0 amide bonds. The van der Waals surface area contributed by atoms with Crippen molar-refractivity contribution in [3.63, 3.8) is 0 Å². The van der Waals surface area contributed by atoms with Crippen LogP contribution in [-0.4, -0.2) is 143 Å². The average Bonchev–Trinajstić information content (AvgIpc) is 2.79. The zero-order valence-electron chi connectivity index (χ0n) is 16.7. The summed E-state index contributed by atoms with van der Waals surface area (Å²) in [7, 11) is 0. The molecule has 7 N–H and O–H groups in total. The number of hydrogen-bond acceptors (Lipinski definition) is 15. The van der Waals surface area contributed by atoms with Crippen LogP contribution in [0, 0.1) is 0 Å². The molecule has 0 aromatic rings. The normalized spacial score (nSPS) is 41.0. The van der Waals surface area contributed by atoms with E-state index in [2.05, 4.69) is 9.47 Å². The molecule has 2 heterocycles. The zero-order chi connectivity index (χ0) is 23.8. The Morgan fingerprint density at radius 1 is 0.719 bits per heavy atom. The highest BCUT2D eigenvalue weighted by atomic mass is 16.7. The Morgan fingerprint density at radius 3 is 1.84 bits per heavy atom. The van der Waals surface area contributed by atoms with Gasteiger partial charge in [0.05, 0.1) is 19.8 Å². The van der Waals surface area contributed by atoms with E-state index >= 15 is 0 Å². The molecule has 2 aliphatic heterocycles. The number of aliphatic hydroxyl groups is 7. The number of carbonyl (C=O) groups excluding carboxylic acids is 2. The Balaban J connectivity index is 1.96. The number of carbonyl (C=O) groups is 2. The molecule has 0 radical (unpaired) electrons. The summed E-state index contributed by atoms with van der Waals surface area (Å²) in [6, 6.07) is 0. The molecule has 2 rings (SSSR count). The maximum absolute atomic E-state index is 10.5. The molecule has 15 heteroatoms. The van der Waals surface area contributed by atoms with Crippen molar-refractivity contribution in [2.75, 3.05) is 26.4 Å². The van der Waals surface area contributed by atoms with Crippen molar-refractivity contribution in [1.29, 1.82) is 0 Å². The molecule has 0 aromatic heterocycles. The molecule has 32 heavy (non-hydrogen) atoms. The van der Waals surface area contributed by atoms with E-state index < -0.39 is 87.3 Å². The van der Waals surface area contributed by atoms with E-state index in [0.717, 1.165) is 0 Å². The van der Waals surface area contributed by atoms with E-state index in [9.17, 15) is 45.3 Å². The van der Waals surface area contributed by atoms with Gasteiger partial charge >= 0.3 is 0 Å². The highest BCUT2D eigenvalue weighted by Gasteiger charge is 2.47. The zero-order valence-corrected chi connectivity index (χ0v) is 16.7. The highest BCUT2D eigenvalue weighted by molar-refractivity contribution is 5.38. The van der Waals surface area contributed by atoms with Crippen LogP contribution in [0.15, 0.2) is 0 Å². The molecule has 11 atom stereocenters. The molecule has 2 saturated heterocycles. The lowest BCUT2D eigenvalue weighted by Gasteiger charge is -2.42. The van der Waals surface area contributed by atoms with Crippen molar-refractivity contribution in [1.82, 2.24) is 0 Å². The Labute approximate surface area is 181 Å². The predicted molar refractivity (Wildman–Crippen MR) is 95.3 cm³/mol. The quantitative estimate of drug-likeness (QED) is 0.131. The van der Waals surface area contributed by atoms with Gasteiger partial charge in [-0.25, -0.2) is 0 Å². The SMILES string of the molecule is O=COC[C@H](CO[C@@H]1OC(CO[C@@H]2OC(CO)[C@H](O)C(O)[C@@H]2O)[C@H](O)C(O)[C@@H]1O)OC=O. The number of ether oxygens (including phenoxy) is 6. The lowest BCUT2D eigenvalue weighted by Crippen LogP contribution is -2.61. The molecule has 0 aromatic carbocycles. The summed E-state index contributed by atoms with van der Waals surface area (Å²) >= 11 is 0. The van der Waals surface area contributed by atoms with Gasteiger partial charge in [-0.1, -0.05) is 0 Å². The summed E-state index contributed by atoms with van der Waals surface area (Å²) in [5.41, 5.74) is 0. The van der Waals surface area contributed by atoms with Gasteiger partial charge in [0.25, 0.3) is 12.9 Å². The van der Waals surface area contributed by atoms with Gasteiger partial charge in [0, 0.05) is 0 Å². The maximum atomic E-state index is 10.5. The summed E-state index contributed by atoms with van der Waals surface area (Å²) in [5.74, 6) is 0. The van der Waals surface area contributed by atoms with Gasteiger partial charge in [-0.2, -0.15) is 0 Å². The fourth-order valence-corrected chi connectivity index (χ4v) is 3.14. The van der Waals surface area contributed by atoms with E-state index in [-0.39, 0.29) is 19.6 Å². The van der Waals surface area contributed by atoms with Crippen LogP contribution in [0.5, 0.6) is 0 Å². The van der Waals surface area contributed by atoms with Crippen LogP contribution >= 0.6 is 0 Å². The second-order valence-corrected chi connectivity index (χ2v) is 7.16. The highest BCUT2D eigenvalue weighted by Crippen LogP contribution is 2.26. The standard InChI is InChI=1S/C17H28O15/c18-1-8-10(21)12(23)14(25)17(31-8)29-4-9-11(22)13(24)15(26)16(32-9)28-3-7(30-6-20)2-27-5-19/h5-18,21-26H,1-4H2/t7-,8?,9?,10+,11+,12?,13?,14+,15+,16-,17-/m1/s1.